The minimum Gasteiger partial charge on any atom is -0.507 e. The van der Waals surface area contributed by atoms with Crippen molar-refractivity contribution in [3.63, 3.8) is 0 Å². The van der Waals surface area contributed by atoms with Crippen LogP contribution in [0.1, 0.15) is 55.9 Å². The van der Waals surface area contributed by atoms with Crippen LogP contribution in [0.3, 0.4) is 0 Å². The summed E-state index contributed by atoms with van der Waals surface area (Å²) in [4.78, 5) is 0. The van der Waals surface area contributed by atoms with Crippen molar-refractivity contribution in [1.82, 2.24) is 0 Å². The highest BCUT2D eigenvalue weighted by Crippen LogP contribution is 2.38. The van der Waals surface area contributed by atoms with Crippen molar-refractivity contribution in [1.29, 1.82) is 0 Å². The summed E-state index contributed by atoms with van der Waals surface area (Å²) < 4.78 is 6.17. The summed E-state index contributed by atoms with van der Waals surface area (Å²) in [7, 11) is 0. The summed E-state index contributed by atoms with van der Waals surface area (Å²) in [5.41, 5.74) is 11.6. The quantitative estimate of drug-likeness (QED) is 0.152. The van der Waals surface area contributed by atoms with Gasteiger partial charge in [-0.3, -0.25) is 0 Å². The lowest BCUT2D eigenvalue weighted by Crippen LogP contribution is -1.93. The molecule has 4 aromatic rings. The fourth-order valence-corrected chi connectivity index (χ4v) is 6.16. The number of aromatic hydroxyl groups is 1. The average Bonchev–Trinajstić information content (AvgIpc) is 3.25. The van der Waals surface area contributed by atoms with Gasteiger partial charge in [0, 0.05) is 16.7 Å². The van der Waals surface area contributed by atoms with E-state index in [0.717, 1.165) is 75.1 Å². The second kappa shape index (κ2) is 18.8. The Labute approximate surface area is 304 Å². The van der Waals surface area contributed by atoms with Gasteiger partial charge in [-0.05, 0) is 103 Å². The number of phenolic OH excluding ortho intramolecular Hbond substituents is 1. The molecule has 0 saturated heterocycles. The SMILES string of the molecule is C=C1C=CC/C=C\Oc2c1cccc2-c1cccc(C/C=C(\C=C/C)C/C=C\C(=C/C)c2cccc(-c3cccc(C/C=C\C=C/C)c3O)c2)c1. The molecule has 0 spiro atoms. The van der Waals surface area contributed by atoms with Gasteiger partial charge >= 0.3 is 0 Å². The number of hydrogen-bond donors (Lipinski definition) is 1. The van der Waals surface area contributed by atoms with Crippen molar-refractivity contribution in [3.8, 4) is 33.8 Å². The predicted octanol–water partition coefficient (Wildman–Crippen LogP) is 13.4. The average molecular weight is 669 g/mol. The number of hydrogen-bond acceptors (Lipinski definition) is 2. The van der Waals surface area contributed by atoms with E-state index in [0.29, 0.717) is 12.2 Å². The van der Waals surface area contributed by atoms with E-state index in [2.05, 4.69) is 142 Å². The highest BCUT2D eigenvalue weighted by molar-refractivity contribution is 5.84. The van der Waals surface area contributed by atoms with Gasteiger partial charge in [0.15, 0.2) is 0 Å². The van der Waals surface area contributed by atoms with Crippen LogP contribution in [-0.2, 0) is 12.8 Å². The lowest BCUT2D eigenvalue weighted by atomic mass is 9.95. The highest BCUT2D eigenvalue weighted by atomic mass is 16.5. The Kier molecular flexibility index (Phi) is 13.4. The lowest BCUT2D eigenvalue weighted by molar-refractivity contribution is 0.472. The number of allylic oxidation sites excluding steroid dienone is 16. The molecule has 5 rings (SSSR count). The zero-order chi connectivity index (χ0) is 35.8. The molecule has 0 atom stereocenters. The maximum atomic E-state index is 11.1. The topological polar surface area (TPSA) is 29.5 Å². The summed E-state index contributed by atoms with van der Waals surface area (Å²) in [6.45, 7) is 10.4. The Hall–Kier alpha value is -5.86. The molecule has 0 bridgehead atoms. The van der Waals surface area contributed by atoms with E-state index >= 15 is 0 Å². The van der Waals surface area contributed by atoms with E-state index in [4.69, 9.17) is 4.74 Å². The van der Waals surface area contributed by atoms with Gasteiger partial charge in [-0.1, -0.05) is 158 Å². The minimum atomic E-state index is 0.335. The Balaban J connectivity index is 1.31. The number of para-hydroxylation sites is 2. The molecule has 0 fully saturated rings. The van der Waals surface area contributed by atoms with Gasteiger partial charge < -0.3 is 9.84 Å². The molecular weight excluding hydrogens is 621 g/mol. The fraction of sp³-hybridized carbons (Fsp3) is 0.143. The first-order chi connectivity index (χ1) is 25.0. The molecule has 0 amide bonds. The maximum absolute atomic E-state index is 11.1. The summed E-state index contributed by atoms with van der Waals surface area (Å²) >= 11 is 0. The van der Waals surface area contributed by atoms with Gasteiger partial charge in [-0.25, -0.2) is 0 Å². The van der Waals surface area contributed by atoms with Gasteiger partial charge in [0.1, 0.15) is 11.5 Å². The summed E-state index contributed by atoms with van der Waals surface area (Å²) in [5, 5.41) is 11.1. The van der Waals surface area contributed by atoms with Crippen LogP contribution in [0.5, 0.6) is 11.5 Å². The van der Waals surface area contributed by atoms with E-state index in [9.17, 15) is 5.11 Å². The summed E-state index contributed by atoms with van der Waals surface area (Å²) in [6.07, 6.45) is 32.3. The second-order valence-electron chi connectivity index (χ2n) is 12.4. The third-order valence-corrected chi connectivity index (χ3v) is 8.82. The lowest BCUT2D eigenvalue weighted by Gasteiger charge is -2.14. The number of rotatable bonds is 12. The van der Waals surface area contributed by atoms with Gasteiger partial charge in [-0.15, -0.1) is 0 Å². The standard InChI is InChI=1S/C49H48O2/c1-5-8-9-12-23-41-25-17-30-46(48(41)50)44-28-16-26-42(36-44)40(7-3)24-14-21-38(19-6-2)32-33-39-22-15-27-43(35-39)47-31-18-29-45-37(4)20-11-10-13-34-51-49(45)47/h5-9,11-20,22,24-32,34-36,50H,4,10,21,23,33H2,1-3H3/b8-5-,12-9-,19-6-,20-11?,24-14-,34-13-,38-32+,40-7+. The molecule has 0 radical (unpaired) electrons. The number of fused-ring (bicyclic) bond motifs is 1. The molecule has 2 nitrogen and oxygen atoms in total. The predicted molar refractivity (Wildman–Crippen MR) is 220 cm³/mol. The third-order valence-electron chi connectivity index (χ3n) is 8.82. The van der Waals surface area contributed by atoms with Crippen LogP contribution in [-0.4, -0.2) is 5.11 Å². The maximum Gasteiger partial charge on any atom is 0.142 e. The van der Waals surface area contributed by atoms with E-state index in [1.54, 1.807) is 6.26 Å². The van der Waals surface area contributed by atoms with Crippen LogP contribution in [0.15, 0.2) is 182 Å². The molecule has 256 valence electrons. The first-order valence-electron chi connectivity index (χ1n) is 17.8. The monoisotopic (exact) mass is 668 g/mol. The van der Waals surface area contributed by atoms with E-state index < -0.39 is 0 Å². The molecule has 0 unspecified atom stereocenters. The van der Waals surface area contributed by atoms with E-state index in [1.807, 2.05) is 49.4 Å². The Morgan fingerprint density at radius 1 is 0.765 bits per heavy atom. The Morgan fingerprint density at radius 3 is 2.35 bits per heavy atom. The molecular formula is C49H48O2. The van der Waals surface area contributed by atoms with Crippen LogP contribution in [0.25, 0.3) is 33.4 Å². The molecule has 51 heavy (non-hydrogen) atoms. The molecule has 1 aliphatic heterocycles. The molecule has 1 heterocycles. The summed E-state index contributed by atoms with van der Waals surface area (Å²) in [5.74, 6) is 1.17. The van der Waals surface area contributed by atoms with Gasteiger partial charge in [0.2, 0.25) is 0 Å². The molecule has 0 saturated carbocycles. The van der Waals surface area contributed by atoms with E-state index in [1.165, 1.54) is 11.1 Å². The van der Waals surface area contributed by atoms with Crippen LogP contribution in [0.2, 0.25) is 0 Å². The molecule has 2 heteroatoms. The van der Waals surface area contributed by atoms with Gasteiger partial charge in [0.05, 0.1) is 6.26 Å². The summed E-state index contributed by atoms with van der Waals surface area (Å²) in [6, 6.07) is 29.4. The van der Waals surface area contributed by atoms with Crippen molar-refractivity contribution in [3.05, 3.63) is 205 Å². The zero-order valence-corrected chi connectivity index (χ0v) is 30.1. The Morgan fingerprint density at radius 2 is 1.53 bits per heavy atom. The second-order valence-corrected chi connectivity index (χ2v) is 12.4. The molecule has 4 aromatic carbocycles. The minimum absolute atomic E-state index is 0.335. The van der Waals surface area contributed by atoms with Crippen molar-refractivity contribution in [2.24, 2.45) is 0 Å². The van der Waals surface area contributed by atoms with E-state index in [-0.39, 0.29) is 0 Å². The first-order valence-corrected chi connectivity index (χ1v) is 17.8. The van der Waals surface area contributed by atoms with Crippen molar-refractivity contribution in [2.75, 3.05) is 0 Å². The van der Waals surface area contributed by atoms with Gasteiger partial charge in [-0.2, -0.15) is 0 Å². The van der Waals surface area contributed by atoms with Gasteiger partial charge in [0.25, 0.3) is 0 Å². The largest absolute Gasteiger partial charge is 0.507 e. The zero-order valence-electron chi connectivity index (χ0n) is 30.1. The van der Waals surface area contributed by atoms with Crippen LogP contribution >= 0.6 is 0 Å². The Bertz CT molecular complexity index is 2070. The van der Waals surface area contributed by atoms with Crippen LogP contribution < -0.4 is 4.74 Å². The van der Waals surface area contributed by atoms with Crippen molar-refractivity contribution in [2.45, 2.75) is 46.5 Å². The number of phenols is 1. The first kappa shape index (κ1) is 36.4. The molecule has 0 aliphatic carbocycles. The fourth-order valence-electron chi connectivity index (χ4n) is 6.16. The third kappa shape index (κ3) is 9.86. The number of ether oxygens (including phenoxy) is 1. The van der Waals surface area contributed by atoms with Crippen LogP contribution in [0, 0.1) is 0 Å². The van der Waals surface area contributed by atoms with Crippen LogP contribution in [0.4, 0.5) is 0 Å². The van der Waals surface area contributed by atoms with Crippen molar-refractivity contribution < 1.29 is 9.84 Å². The molecule has 1 aliphatic rings. The number of benzene rings is 4. The normalized spacial score (nSPS) is 14.6. The molecule has 0 aromatic heterocycles. The van der Waals surface area contributed by atoms with Crippen molar-refractivity contribution >= 4 is 11.1 Å². The highest BCUT2D eigenvalue weighted by Gasteiger charge is 2.14. The molecule has 1 N–H and O–H groups in total. The smallest absolute Gasteiger partial charge is 0.142 e.